The van der Waals surface area contributed by atoms with Gasteiger partial charge in [0.25, 0.3) is 0 Å². The van der Waals surface area contributed by atoms with Crippen molar-refractivity contribution < 1.29 is 9.13 Å². The van der Waals surface area contributed by atoms with Crippen molar-refractivity contribution in [1.82, 2.24) is 14.9 Å². The number of nitrogens with two attached hydrogens (primary N) is 1. The number of aromatic nitrogens is 3. The SMILES string of the molecule is Cc1cc(C)cc(OCc2nnc(SCc3c(F)cccc3Cl)n2N)c1. The Balaban J connectivity index is 1.66. The van der Waals surface area contributed by atoms with E-state index in [1.54, 1.807) is 12.1 Å². The number of halogens is 2. The van der Waals surface area contributed by atoms with Crippen LogP contribution in [-0.4, -0.2) is 14.9 Å². The molecule has 0 aliphatic heterocycles. The molecule has 5 nitrogen and oxygen atoms in total. The van der Waals surface area contributed by atoms with Crippen LogP contribution >= 0.6 is 23.4 Å². The van der Waals surface area contributed by atoms with Crippen LogP contribution in [0.2, 0.25) is 5.02 Å². The van der Waals surface area contributed by atoms with Gasteiger partial charge in [0.2, 0.25) is 5.16 Å². The maximum atomic E-state index is 13.8. The van der Waals surface area contributed by atoms with Crippen LogP contribution in [0, 0.1) is 19.7 Å². The molecule has 0 unspecified atom stereocenters. The number of ether oxygens (including phenoxy) is 1. The number of hydrogen-bond acceptors (Lipinski definition) is 5. The van der Waals surface area contributed by atoms with Gasteiger partial charge < -0.3 is 10.6 Å². The van der Waals surface area contributed by atoms with Gasteiger partial charge in [-0.2, -0.15) is 0 Å². The molecule has 0 atom stereocenters. The molecule has 0 saturated carbocycles. The van der Waals surface area contributed by atoms with Crippen LogP contribution in [0.5, 0.6) is 5.75 Å². The van der Waals surface area contributed by atoms with Crippen LogP contribution in [0.4, 0.5) is 4.39 Å². The van der Waals surface area contributed by atoms with E-state index in [4.69, 9.17) is 22.2 Å². The molecule has 1 heterocycles. The average Bonchev–Trinajstić information content (AvgIpc) is 2.92. The Morgan fingerprint density at radius 2 is 1.92 bits per heavy atom. The second-order valence-electron chi connectivity index (χ2n) is 5.87. The minimum absolute atomic E-state index is 0.188. The summed E-state index contributed by atoms with van der Waals surface area (Å²) in [6.45, 7) is 4.20. The molecule has 0 aliphatic rings. The molecule has 26 heavy (non-hydrogen) atoms. The van der Waals surface area contributed by atoms with Crippen LogP contribution < -0.4 is 10.6 Å². The summed E-state index contributed by atoms with van der Waals surface area (Å²) in [4.78, 5) is 0. The van der Waals surface area contributed by atoms with E-state index >= 15 is 0 Å². The van der Waals surface area contributed by atoms with Gasteiger partial charge in [-0.1, -0.05) is 35.5 Å². The largest absolute Gasteiger partial charge is 0.486 e. The fourth-order valence-corrected chi connectivity index (χ4v) is 3.69. The molecule has 2 N–H and O–H groups in total. The molecular weight excluding hydrogens is 375 g/mol. The molecule has 1 aromatic heterocycles. The first-order valence-corrected chi connectivity index (χ1v) is 9.26. The van der Waals surface area contributed by atoms with E-state index in [2.05, 4.69) is 16.3 Å². The summed E-state index contributed by atoms with van der Waals surface area (Å²) in [5.74, 6) is 7.21. The highest BCUT2D eigenvalue weighted by molar-refractivity contribution is 7.98. The number of hydrogen-bond donors (Lipinski definition) is 1. The molecular formula is C18H18ClFN4OS. The Labute approximate surface area is 160 Å². The lowest BCUT2D eigenvalue weighted by Crippen LogP contribution is -2.15. The number of aryl methyl sites for hydroxylation is 2. The van der Waals surface area contributed by atoms with E-state index in [1.807, 2.05) is 26.0 Å². The quantitative estimate of drug-likeness (QED) is 0.501. The highest BCUT2D eigenvalue weighted by Crippen LogP contribution is 2.27. The summed E-state index contributed by atoms with van der Waals surface area (Å²) in [5, 5.41) is 8.93. The van der Waals surface area contributed by atoms with Crippen molar-refractivity contribution in [2.24, 2.45) is 0 Å². The highest BCUT2D eigenvalue weighted by atomic mass is 35.5. The molecule has 136 valence electrons. The van der Waals surface area contributed by atoms with Gasteiger partial charge in [0, 0.05) is 16.3 Å². The van der Waals surface area contributed by atoms with E-state index in [9.17, 15) is 4.39 Å². The molecule has 8 heteroatoms. The molecule has 0 fully saturated rings. The predicted molar refractivity (Wildman–Crippen MR) is 101 cm³/mol. The second kappa shape index (κ2) is 7.97. The molecule has 0 bridgehead atoms. The van der Waals surface area contributed by atoms with Crippen LogP contribution in [0.25, 0.3) is 0 Å². The fourth-order valence-electron chi connectivity index (χ4n) is 2.48. The summed E-state index contributed by atoms with van der Waals surface area (Å²) in [6.07, 6.45) is 0. The maximum absolute atomic E-state index is 13.8. The first kappa shape index (κ1) is 18.5. The molecule has 0 spiro atoms. The smallest absolute Gasteiger partial charge is 0.210 e. The van der Waals surface area contributed by atoms with Crippen molar-refractivity contribution in [3.63, 3.8) is 0 Å². The number of benzene rings is 2. The molecule has 0 radical (unpaired) electrons. The van der Waals surface area contributed by atoms with Gasteiger partial charge in [0.15, 0.2) is 5.82 Å². The number of rotatable bonds is 6. The van der Waals surface area contributed by atoms with Gasteiger partial charge >= 0.3 is 0 Å². The zero-order valence-corrected chi connectivity index (χ0v) is 15.9. The molecule has 2 aromatic carbocycles. The Morgan fingerprint density at radius 1 is 1.19 bits per heavy atom. The number of thioether (sulfide) groups is 1. The fraction of sp³-hybridized carbons (Fsp3) is 0.222. The van der Waals surface area contributed by atoms with Crippen molar-refractivity contribution in [3.8, 4) is 5.75 Å². The van der Waals surface area contributed by atoms with Crippen molar-refractivity contribution >= 4 is 23.4 Å². The van der Waals surface area contributed by atoms with Crippen molar-refractivity contribution in [1.29, 1.82) is 0 Å². The third kappa shape index (κ3) is 4.28. The third-order valence-electron chi connectivity index (χ3n) is 3.71. The Hall–Kier alpha value is -2.25. The molecule has 3 aromatic rings. The average molecular weight is 393 g/mol. The van der Waals surface area contributed by atoms with E-state index in [-0.39, 0.29) is 12.4 Å². The molecule has 0 amide bonds. The Morgan fingerprint density at radius 3 is 2.62 bits per heavy atom. The lowest BCUT2D eigenvalue weighted by atomic mass is 10.1. The number of nitrogens with zero attached hydrogens (tertiary/aromatic N) is 3. The minimum atomic E-state index is -0.355. The summed E-state index contributed by atoms with van der Waals surface area (Å²) in [7, 11) is 0. The van der Waals surface area contributed by atoms with Crippen LogP contribution in [0.15, 0.2) is 41.6 Å². The van der Waals surface area contributed by atoms with E-state index < -0.39 is 0 Å². The molecule has 3 rings (SSSR count). The monoisotopic (exact) mass is 392 g/mol. The van der Waals surface area contributed by atoms with Crippen molar-refractivity contribution in [2.75, 3.05) is 5.84 Å². The molecule has 0 saturated heterocycles. The Kier molecular flexibility index (Phi) is 5.68. The normalized spacial score (nSPS) is 10.9. The lowest BCUT2D eigenvalue weighted by Gasteiger charge is -2.08. The third-order valence-corrected chi connectivity index (χ3v) is 5.03. The maximum Gasteiger partial charge on any atom is 0.210 e. The predicted octanol–water partition coefficient (Wildman–Crippen LogP) is 4.27. The summed E-state index contributed by atoms with van der Waals surface area (Å²) in [5.41, 5.74) is 2.65. The van der Waals surface area contributed by atoms with Crippen LogP contribution in [-0.2, 0) is 12.4 Å². The van der Waals surface area contributed by atoms with Gasteiger partial charge in [-0.3, -0.25) is 0 Å². The van der Waals surface area contributed by atoms with Crippen molar-refractivity contribution in [2.45, 2.75) is 31.4 Å². The van der Waals surface area contributed by atoms with Gasteiger partial charge in [0.05, 0.1) is 0 Å². The van der Waals surface area contributed by atoms with E-state index in [1.165, 1.54) is 22.5 Å². The minimum Gasteiger partial charge on any atom is -0.486 e. The van der Waals surface area contributed by atoms with Crippen LogP contribution in [0.1, 0.15) is 22.5 Å². The zero-order chi connectivity index (χ0) is 18.7. The zero-order valence-electron chi connectivity index (χ0n) is 14.4. The second-order valence-corrected chi connectivity index (χ2v) is 7.22. The van der Waals surface area contributed by atoms with Gasteiger partial charge in [-0.15, -0.1) is 10.2 Å². The topological polar surface area (TPSA) is 66.0 Å². The first-order valence-electron chi connectivity index (χ1n) is 7.90. The summed E-state index contributed by atoms with van der Waals surface area (Å²) < 4.78 is 20.9. The summed E-state index contributed by atoms with van der Waals surface area (Å²) >= 11 is 7.30. The van der Waals surface area contributed by atoms with Crippen molar-refractivity contribution in [3.05, 3.63) is 69.8 Å². The first-order chi connectivity index (χ1) is 12.4. The van der Waals surface area contributed by atoms with Crippen LogP contribution in [0.3, 0.4) is 0 Å². The Bertz CT molecular complexity index is 891. The van der Waals surface area contributed by atoms with Gasteiger partial charge in [-0.05, 0) is 49.2 Å². The standard InChI is InChI=1S/C18H18ClFN4OS/c1-11-6-12(2)8-13(7-11)25-9-17-22-23-18(24(17)21)26-10-14-15(19)4-3-5-16(14)20/h3-8H,9-10,21H2,1-2H3. The number of nitrogen functional groups attached to an aromatic ring is 1. The van der Waals surface area contributed by atoms with Gasteiger partial charge in [0.1, 0.15) is 18.2 Å². The van der Waals surface area contributed by atoms with Gasteiger partial charge in [-0.25, -0.2) is 9.07 Å². The lowest BCUT2D eigenvalue weighted by molar-refractivity contribution is 0.291. The molecule has 0 aliphatic carbocycles. The van der Waals surface area contributed by atoms with E-state index in [0.717, 1.165) is 16.9 Å². The highest BCUT2D eigenvalue weighted by Gasteiger charge is 2.14. The summed E-state index contributed by atoms with van der Waals surface area (Å²) in [6, 6.07) is 10.6. The van der Waals surface area contributed by atoms with E-state index in [0.29, 0.717) is 27.3 Å².